The fourth-order valence-electron chi connectivity index (χ4n) is 5.73. The predicted octanol–water partition coefficient (Wildman–Crippen LogP) is 8.69. The van der Waals surface area contributed by atoms with Crippen LogP contribution in [0.2, 0.25) is 0 Å². The van der Waals surface area contributed by atoms with Crippen LogP contribution in [0, 0.1) is 0 Å². The summed E-state index contributed by atoms with van der Waals surface area (Å²) in [4.78, 5) is 4.78. The number of hydrogen-bond acceptors (Lipinski definition) is 4. The second-order valence-corrected chi connectivity index (χ2v) is 10.5. The van der Waals surface area contributed by atoms with Gasteiger partial charge in [0.15, 0.2) is 0 Å². The third-order valence-corrected chi connectivity index (χ3v) is 8.24. The first-order valence-electron chi connectivity index (χ1n) is 15.7. The Hall–Kier alpha value is -2.27. The summed E-state index contributed by atoms with van der Waals surface area (Å²) in [6.07, 6.45) is 7.74. The third-order valence-electron chi connectivity index (χ3n) is 8.24. The van der Waals surface area contributed by atoms with Crippen molar-refractivity contribution in [3.8, 4) is 11.5 Å². The topological polar surface area (TPSA) is 24.9 Å². The van der Waals surface area contributed by atoms with Crippen molar-refractivity contribution in [2.24, 2.45) is 0 Å². The number of hydrogen-bond donors (Lipinski definition) is 0. The highest BCUT2D eigenvalue weighted by molar-refractivity contribution is 5.85. The lowest BCUT2D eigenvalue weighted by Gasteiger charge is -2.28. The molecule has 2 aromatic carbocycles. The smallest absolute Gasteiger partial charge is 0.122 e. The zero-order valence-corrected chi connectivity index (χ0v) is 27.6. The molecule has 0 aromatic heterocycles. The highest BCUT2D eigenvalue weighted by atomic mass is 35.5. The third kappa shape index (κ3) is 11.1. The SMILES string of the molecule is C=CCc1cc(C(CC)C(CC)c2ccc(OCCN(CC)CC)c(CC=C)c2)ccc1OCCN(CC)CC.Cl. The molecule has 41 heavy (non-hydrogen) atoms. The summed E-state index contributed by atoms with van der Waals surface area (Å²) in [5, 5.41) is 0. The van der Waals surface area contributed by atoms with E-state index in [1.807, 2.05) is 12.2 Å². The summed E-state index contributed by atoms with van der Waals surface area (Å²) in [7, 11) is 0. The molecule has 2 atom stereocenters. The molecule has 0 aliphatic carbocycles. The normalized spacial score (nSPS) is 12.6. The van der Waals surface area contributed by atoms with Gasteiger partial charge in [-0.05, 0) is 98.1 Å². The van der Waals surface area contributed by atoms with Crippen molar-refractivity contribution in [1.29, 1.82) is 0 Å². The van der Waals surface area contributed by atoms with Crippen molar-refractivity contribution in [1.82, 2.24) is 9.80 Å². The van der Waals surface area contributed by atoms with E-state index in [1.165, 1.54) is 22.3 Å². The molecule has 0 aliphatic heterocycles. The molecule has 0 spiro atoms. The first-order valence-corrected chi connectivity index (χ1v) is 15.7. The van der Waals surface area contributed by atoms with Gasteiger partial charge in [0.1, 0.15) is 24.7 Å². The van der Waals surface area contributed by atoms with Gasteiger partial charge in [-0.15, -0.1) is 25.6 Å². The van der Waals surface area contributed by atoms with E-state index in [4.69, 9.17) is 9.47 Å². The molecular weight excluding hydrogens is 528 g/mol. The Bertz CT molecular complexity index is 935. The molecule has 0 bridgehead atoms. The molecule has 0 saturated heterocycles. The van der Waals surface area contributed by atoms with Crippen molar-refractivity contribution in [3.63, 3.8) is 0 Å². The maximum atomic E-state index is 6.26. The Balaban J connectivity index is 0.00000840. The Kier molecular flexibility index (Phi) is 18.5. The van der Waals surface area contributed by atoms with Gasteiger partial charge in [-0.2, -0.15) is 0 Å². The number of halogens is 1. The Labute approximate surface area is 258 Å². The van der Waals surface area contributed by atoms with Crippen LogP contribution >= 0.6 is 12.4 Å². The van der Waals surface area contributed by atoms with Gasteiger partial charge in [-0.25, -0.2) is 0 Å². The average Bonchev–Trinajstić information content (AvgIpc) is 2.98. The van der Waals surface area contributed by atoms with Crippen LogP contribution in [0.3, 0.4) is 0 Å². The highest BCUT2D eigenvalue weighted by Gasteiger charge is 2.24. The standard InChI is InChI=1S/C36H56N2O2.ClH/c1-9-17-31-27-29(19-21-35(31)39-25-23-37(13-5)14-6)33(11-3)34(12-4)30-20-22-36(32(28-30)18-10-2)40-26-24-38(15-7)16-8;/h9-10,19-22,27-28,33-34H,1-2,11-18,23-26H2,3-8H3;1H. The molecule has 5 heteroatoms. The molecule has 0 heterocycles. The number of ether oxygens (including phenoxy) is 2. The summed E-state index contributed by atoms with van der Waals surface area (Å²) < 4.78 is 12.5. The lowest BCUT2D eigenvalue weighted by Crippen LogP contribution is -2.28. The fourth-order valence-corrected chi connectivity index (χ4v) is 5.73. The lowest BCUT2D eigenvalue weighted by molar-refractivity contribution is 0.221. The molecule has 0 radical (unpaired) electrons. The fraction of sp³-hybridized carbons (Fsp3) is 0.556. The van der Waals surface area contributed by atoms with E-state index in [0.717, 1.165) is 76.5 Å². The molecule has 2 unspecified atom stereocenters. The number of nitrogens with zero attached hydrogens (tertiary/aromatic N) is 2. The molecule has 0 saturated carbocycles. The Morgan fingerprint density at radius 1 is 0.634 bits per heavy atom. The Morgan fingerprint density at radius 3 is 1.29 bits per heavy atom. The number of benzene rings is 2. The van der Waals surface area contributed by atoms with E-state index in [9.17, 15) is 0 Å². The molecule has 0 amide bonds. The van der Waals surface area contributed by atoms with Crippen LogP contribution in [0.4, 0.5) is 0 Å². The maximum absolute atomic E-state index is 6.26. The lowest BCUT2D eigenvalue weighted by atomic mass is 9.77. The molecule has 0 N–H and O–H groups in total. The molecule has 230 valence electrons. The van der Waals surface area contributed by atoms with E-state index in [-0.39, 0.29) is 12.4 Å². The molecular formula is C36H57ClN2O2. The minimum absolute atomic E-state index is 0. The number of rotatable bonds is 21. The molecule has 2 rings (SSSR count). The minimum atomic E-state index is 0. The van der Waals surface area contributed by atoms with Gasteiger partial charge in [0.2, 0.25) is 0 Å². The maximum Gasteiger partial charge on any atom is 0.122 e. The zero-order chi connectivity index (χ0) is 29.3. The van der Waals surface area contributed by atoms with Crippen molar-refractivity contribution >= 4 is 12.4 Å². The van der Waals surface area contributed by atoms with Gasteiger partial charge in [0.05, 0.1) is 0 Å². The van der Waals surface area contributed by atoms with Gasteiger partial charge >= 0.3 is 0 Å². The summed E-state index contributed by atoms with van der Waals surface area (Å²) in [5.74, 6) is 2.81. The van der Waals surface area contributed by atoms with E-state index in [0.29, 0.717) is 25.0 Å². The van der Waals surface area contributed by atoms with E-state index < -0.39 is 0 Å². The first-order chi connectivity index (χ1) is 19.5. The van der Waals surface area contributed by atoms with Crippen LogP contribution in [0.5, 0.6) is 11.5 Å². The number of allylic oxidation sites excluding steroid dienone is 2. The van der Waals surface area contributed by atoms with Crippen LogP contribution in [-0.4, -0.2) is 62.3 Å². The van der Waals surface area contributed by atoms with Gasteiger partial charge in [-0.3, -0.25) is 0 Å². The molecule has 4 nitrogen and oxygen atoms in total. The van der Waals surface area contributed by atoms with Crippen LogP contribution in [0.25, 0.3) is 0 Å². The van der Waals surface area contributed by atoms with Crippen molar-refractivity contribution in [2.45, 2.75) is 79.1 Å². The predicted molar refractivity (Wildman–Crippen MR) is 181 cm³/mol. The van der Waals surface area contributed by atoms with Crippen molar-refractivity contribution in [2.75, 3.05) is 52.5 Å². The molecule has 0 fully saturated rings. The van der Waals surface area contributed by atoms with Gasteiger partial charge < -0.3 is 19.3 Å². The summed E-state index contributed by atoms with van der Waals surface area (Å²) in [5.41, 5.74) is 5.22. The van der Waals surface area contributed by atoms with Crippen LogP contribution in [0.15, 0.2) is 61.7 Å². The molecule has 2 aromatic rings. The van der Waals surface area contributed by atoms with Crippen LogP contribution in [0.1, 0.15) is 88.5 Å². The van der Waals surface area contributed by atoms with E-state index >= 15 is 0 Å². The number of likely N-dealkylation sites (N-methyl/N-ethyl adjacent to an activating group) is 2. The second kappa shape index (κ2) is 20.6. The van der Waals surface area contributed by atoms with Crippen LogP contribution < -0.4 is 9.47 Å². The summed E-state index contributed by atoms with van der Waals surface area (Å²) in [6, 6.07) is 13.7. The zero-order valence-electron chi connectivity index (χ0n) is 26.8. The van der Waals surface area contributed by atoms with Gasteiger partial charge in [-0.1, -0.05) is 78.0 Å². The van der Waals surface area contributed by atoms with Crippen molar-refractivity contribution < 1.29 is 9.47 Å². The second-order valence-electron chi connectivity index (χ2n) is 10.5. The quantitative estimate of drug-likeness (QED) is 0.137. The van der Waals surface area contributed by atoms with Crippen LogP contribution in [-0.2, 0) is 12.8 Å². The van der Waals surface area contributed by atoms with E-state index in [1.54, 1.807) is 0 Å². The summed E-state index contributed by atoms with van der Waals surface area (Å²) in [6.45, 7) is 28.9. The van der Waals surface area contributed by atoms with Crippen molar-refractivity contribution in [3.05, 3.63) is 84.0 Å². The Morgan fingerprint density at radius 2 is 1.00 bits per heavy atom. The summed E-state index contributed by atoms with van der Waals surface area (Å²) >= 11 is 0. The first kappa shape index (κ1) is 36.8. The largest absolute Gasteiger partial charge is 0.492 e. The average molecular weight is 585 g/mol. The highest BCUT2D eigenvalue weighted by Crippen LogP contribution is 2.40. The van der Waals surface area contributed by atoms with Gasteiger partial charge in [0.25, 0.3) is 0 Å². The van der Waals surface area contributed by atoms with E-state index in [2.05, 4.69) is 101 Å². The monoisotopic (exact) mass is 584 g/mol. The minimum Gasteiger partial charge on any atom is -0.492 e. The molecule has 0 aliphatic rings. The van der Waals surface area contributed by atoms with Gasteiger partial charge in [0, 0.05) is 13.1 Å².